The van der Waals surface area contributed by atoms with Gasteiger partial charge in [-0.1, -0.05) is 20.8 Å². The highest BCUT2D eigenvalue weighted by Gasteiger charge is 2.32. The number of likely N-dealkylation sites (tertiary alicyclic amines) is 2. The summed E-state index contributed by atoms with van der Waals surface area (Å²) in [6.07, 6.45) is 3.65. The number of hydrogen-bond donors (Lipinski definition) is 1. The van der Waals surface area contributed by atoms with Gasteiger partial charge in [-0.15, -0.1) is 0 Å². The van der Waals surface area contributed by atoms with E-state index in [1.54, 1.807) is 0 Å². The predicted molar refractivity (Wildman–Crippen MR) is 78.1 cm³/mol. The topological polar surface area (TPSA) is 35.6 Å². The lowest BCUT2D eigenvalue weighted by atomic mass is 10.1. The first kappa shape index (κ1) is 14.8. The van der Waals surface area contributed by atoms with Crippen molar-refractivity contribution in [3.8, 4) is 0 Å². The van der Waals surface area contributed by atoms with E-state index in [1.165, 1.54) is 25.9 Å². The highest BCUT2D eigenvalue weighted by molar-refractivity contribution is 5.84. The minimum absolute atomic E-state index is 0.0546. The van der Waals surface area contributed by atoms with Crippen molar-refractivity contribution in [1.82, 2.24) is 15.1 Å². The highest BCUT2D eigenvalue weighted by atomic mass is 16.2. The summed E-state index contributed by atoms with van der Waals surface area (Å²) in [6, 6.07) is 0.440. The van der Waals surface area contributed by atoms with E-state index in [2.05, 4.69) is 35.9 Å². The summed E-state index contributed by atoms with van der Waals surface area (Å²) in [5.74, 6) is 0.891. The summed E-state index contributed by atoms with van der Waals surface area (Å²) < 4.78 is 0. The van der Waals surface area contributed by atoms with Crippen molar-refractivity contribution in [1.29, 1.82) is 0 Å². The van der Waals surface area contributed by atoms with E-state index >= 15 is 0 Å². The van der Waals surface area contributed by atoms with Crippen LogP contribution in [0.3, 0.4) is 0 Å². The molecule has 19 heavy (non-hydrogen) atoms. The van der Waals surface area contributed by atoms with Crippen LogP contribution in [0.1, 0.15) is 40.0 Å². The van der Waals surface area contributed by atoms with E-state index in [1.807, 2.05) is 0 Å². The van der Waals surface area contributed by atoms with Crippen LogP contribution >= 0.6 is 0 Å². The average Bonchev–Trinajstić information content (AvgIpc) is 2.93. The molecular formula is C15H29N3O. The summed E-state index contributed by atoms with van der Waals surface area (Å²) in [7, 11) is 0. The molecule has 1 N–H and O–H groups in total. The number of rotatable bonds is 6. The maximum Gasteiger partial charge on any atom is 0.239 e. The van der Waals surface area contributed by atoms with Gasteiger partial charge in [-0.05, 0) is 38.3 Å². The monoisotopic (exact) mass is 267 g/mol. The first-order valence-corrected chi connectivity index (χ1v) is 7.83. The standard InChI is InChI=1S/C15H29N3O/c1-12(2)16-14-6-9-18(15(14)19)11-13(3)10-17-7-4-5-8-17/h12-14,16H,4-11H2,1-3H3. The van der Waals surface area contributed by atoms with Gasteiger partial charge in [0.15, 0.2) is 0 Å². The van der Waals surface area contributed by atoms with Crippen LogP contribution in [0.25, 0.3) is 0 Å². The molecule has 0 aromatic carbocycles. The van der Waals surface area contributed by atoms with Crippen molar-refractivity contribution >= 4 is 5.91 Å². The second-order valence-corrected chi connectivity index (χ2v) is 6.56. The Balaban J connectivity index is 1.74. The molecule has 2 rings (SSSR count). The Morgan fingerprint density at radius 1 is 1.16 bits per heavy atom. The third-order valence-electron chi connectivity index (χ3n) is 4.13. The van der Waals surface area contributed by atoms with Gasteiger partial charge in [-0.2, -0.15) is 0 Å². The van der Waals surface area contributed by atoms with Crippen LogP contribution in [0.15, 0.2) is 0 Å². The normalized spacial score (nSPS) is 26.6. The summed E-state index contributed by atoms with van der Waals surface area (Å²) in [4.78, 5) is 16.9. The molecule has 2 unspecified atom stereocenters. The Morgan fingerprint density at radius 3 is 2.47 bits per heavy atom. The number of amides is 1. The molecule has 0 aromatic heterocycles. The Morgan fingerprint density at radius 2 is 1.84 bits per heavy atom. The molecule has 2 fully saturated rings. The number of nitrogens with zero attached hydrogens (tertiary/aromatic N) is 2. The molecule has 2 heterocycles. The Bertz CT molecular complexity index is 300. The van der Waals surface area contributed by atoms with E-state index in [9.17, 15) is 4.79 Å². The van der Waals surface area contributed by atoms with E-state index in [4.69, 9.17) is 0 Å². The minimum Gasteiger partial charge on any atom is -0.341 e. The summed E-state index contributed by atoms with van der Waals surface area (Å²) in [6.45, 7) is 12.0. The van der Waals surface area contributed by atoms with Crippen LogP contribution in [0, 0.1) is 5.92 Å². The third kappa shape index (κ3) is 4.18. The fourth-order valence-electron chi connectivity index (χ4n) is 3.32. The van der Waals surface area contributed by atoms with Crippen molar-refractivity contribution in [2.45, 2.75) is 52.1 Å². The number of hydrogen-bond acceptors (Lipinski definition) is 3. The van der Waals surface area contributed by atoms with Crippen LogP contribution in [0.4, 0.5) is 0 Å². The van der Waals surface area contributed by atoms with Gasteiger partial charge in [0.1, 0.15) is 0 Å². The number of nitrogens with one attached hydrogen (secondary N) is 1. The van der Waals surface area contributed by atoms with Gasteiger partial charge in [-0.25, -0.2) is 0 Å². The molecule has 0 aromatic rings. The fourth-order valence-corrected chi connectivity index (χ4v) is 3.32. The van der Waals surface area contributed by atoms with Crippen LogP contribution in [-0.2, 0) is 4.79 Å². The zero-order chi connectivity index (χ0) is 13.8. The maximum absolute atomic E-state index is 12.3. The largest absolute Gasteiger partial charge is 0.341 e. The zero-order valence-electron chi connectivity index (χ0n) is 12.7. The van der Waals surface area contributed by atoms with E-state index in [0.717, 1.165) is 26.1 Å². The molecule has 2 aliphatic rings. The average molecular weight is 267 g/mol. The SMILES string of the molecule is CC(CN1CCCC1)CN1CCC(NC(C)C)C1=O. The third-order valence-corrected chi connectivity index (χ3v) is 4.13. The molecule has 0 aliphatic carbocycles. The first-order valence-electron chi connectivity index (χ1n) is 7.83. The van der Waals surface area contributed by atoms with E-state index in [0.29, 0.717) is 17.9 Å². The molecule has 0 spiro atoms. The molecule has 110 valence electrons. The molecule has 4 nitrogen and oxygen atoms in total. The molecule has 2 saturated heterocycles. The fraction of sp³-hybridized carbons (Fsp3) is 0.933. The molecule has 0 radical (unpaired) electrons. The quantitative estimate of drug-likeness (QED) is 0.788. The zero-order valence-corrected chi connectivity index (χ0v) is 12.7. The molecular weight excluding hydrogens is 238 g/mol. The number of carbonyl (C=O) groups is 1. The minimum atomic E-state index is 0.0546. The molecule has 2 atom stereocenters. The van der Waals surface area contributed by atoms with Crippen molar-refractivity contribution < 1.29 is 4.79 Å². The Labute approximate surface area is 117 Å². The lowest BCUT2D eigenvalue weighted by Gasteiger charge is -2.25. The summed E-state index contributed by atoms with van der Waals surface area (Å²) in [5, 5.41) is 3.37. The molecule has 0 saturated carbocycles. The van der Waals surface area contributed by atoms with Gasteiger partial charge in [-0.3, -0.25) is 4.79 Å². The second kappa shape index (κ2) is 6.71. The lowest BCUT2D eigenvalue weighted by Crippen LogP contribution is -2.43. The molecule has 0 bridgehead atoms. The van der Waals surface area contributed by atoms with Crippen molar-refractivity contribution in [3.63, 3.8) is 0 Å². The van der Waals surface area contributed by atoms with Crippen LogP contribution in [-0.4, -0.2) is 60.5 Å². The van der Waals surface area contributed by atoms with Crippen molar-refractivity contribution in [2.24, 2.45) is 5.92 Å². The highest BCUT2D eigenvalue weighted by Crippen LogP contribution is 2.16. The summed E-state index contributed by atoms with van der Waals surface area (Å²) >= 11 is 0. The van der Waals surface area contributed by atoms with Crippen LogP contribution in [0.5, 0.6) is 0 Å². The maximum atomic E-state index is 12.3. The van der Waals surface area contributed by atoms with Gasteiger partial charge in [0, 0.05) is 25.7 Å². The van der Waals surface area contributed by atoms with Gasteiger partial charge < -0.3 is 15.1 Å². The van der Waals surface area contributed by atoms with Gasteiger partial charge >= 0.3 is 0 Å². The van der Waals surface area contributed by atoms with Crippen molar-refractivity contribution in [2.75, 3.05) is 32.7 Å². The van der Waals surface area contributed by atoms with Gasteiger partial charge in [0.05, 0.1) is 6.04 Å². The smallest absolute Gasteiger partial charge is 0.239 e. The molecule has 1 amide bonds. The summed E-state index contributed by atoms with van der Waals surface area (Å²) in [5.41, 5.74) is 0. The van der Waals surface area contributed by atoms with Crippen molar-refractivity contribution in [3.05, 3.63) is 0 Å². The Hall–Kier alpha value is -0.610. The van der Waals surface area contributed by atoms with Gasteiger partial charge in [0.25, 0.3) is 0 Å². The van der Waals surface area contributed by atoms with E-state index in [-0.39, 0.29) is 6.04 Å². The molecule has 4 heteroatoms. The van der Waals surface area contributed by atoms with Crippen LogP contribution < -0.4 is 5.32 Å². The lowest BCUT2D eigenvalue weighted by molar-refractivity contribution is -0.130. The number of carbonyl (C=O) groups excluding carboxylic acids is 1. The second-order valence-electron chi connectivity index (χ2n) is 6.56. The Kier molecular flexibility index (Phi) is 5.22. The molecule has 2 aliphatic heterocycles. The predicted octanol–water partition coefficient (Wildman–Crippen LogP) is 1.32. The van der Waals surface area contributed by atoms with E-state index < -0.39 is 0 Å². The van der Waals surface area contributed by atoms with Crippen LogP contribution in [0.2, 0.25) is 0 Å². The van der Waals surface area contributed by atoms with Gasteiger partial charge in [0.2, 0.25) is 5.91 Å². The first-order chi connectivity index (χ1) is 9.06.